The molecule has 0 N–H and O–H groups in total. The Balaban J connectivity index is 2.45. The van der Waals surface area contributed by atoms with E-state index in [4.69, 9.17) is 9.05 Å². The second-order valence-electron chi connectivity index (χ2n) is 6.84. The highest BCUT2D eigenvalue weighted by Crippen LogP contribution is 2.49. The first kappa shape index (κ1) is 23.6. The summed E-state index contributed by atoms with van der Waals surface area (Å²) in [5, 5.41) is 10.9. The first-order chi connectivity index (χ1) is 13.0. The fourth-order valence-corrected chi connectivity index (χ4v) is 4.56. The first-order valence-electron chi connectivity index (χ1n) is 10.2. The van der Waals surface area contributed by atoms with Gasteiger partial charge in [-0.15, -0.1) is 0 Å². The summed E-state index contributed by atoms with van der Waals surface area (Å²) in [7, 11) is -3.30. The molecule has 1 rings (SSSR count). The SMILES string of the molecule is CCCCCCCCCCOP(=O)(CCCC)Oc1cccc([N+](=O)[O-])c1. The van der Waals surface area contributed by atoms with Crippen LogP contribution in [-0.4, -0.2) is 17.7 Å². The van der Waals surface area contributed by atoms with E-state index >= 15 is 0 Å². The van der Waals surface area contributed by atoms with Crippen molar-refractivity contribution in [3.05, 3.63) is 34.4 Å². The summed E-state index contributed by atoms with van der Waals surface area (Å²) in [5.74, 6) is 0.222. The van der Waals surface area contributed by atoms with Crippen LogP contribution in [-0.2, 0) is 9.09 Å². The number of unbranched alkanes of at least 4 members (excludes halogenated alkanes) is 8. The minimum absolute atomic E-state index is 0.0855. The lowest BCUT2D eigenvalue weighted by Gasteiger charge is -2.19. The molecule has 0 saturated heterocycles. The summed E-state index contributed by atoms with van der Waals surface area (Å²) in [5.41, 5.74) is -0.0855. The molecule has 0 amide bonds. The van der Waals surface area contributed by atoms with E-state index in [1.54, 1.807) is 6.07 Å². The van der Waals surface area contributed by atoms with E-state index < -0.39 is 12.5 Å². The highest BCUT2D eigenvalue weighted by atomic mass is 31.2. The Labute approximate surface area is 163 Å². The van der Waals surface area contributed by atoms with E-state index in [0.29, 0.717) is 12.8 Å². The van der Waals surface area contributed by atoms with Crippen molar-refractivity contribution in [1.82, 2.24) is 0 Å². The van der Waals surface area contributed by atoms with E-state index in [1.165, 1.54) is 50.3 Å². The predicted octanol–water partition coefficient (Wildman–Crippen LogP) is 7.12. The van der Waals surface area contributed by atoms with Crippen molar-refractivity contribution < 1.29 is 18.5 Å². The first-order valence-corrected chi connectivity index (χ1v) is 11.9. The lowest BCUT2D eigenvalue weighted by atomic mass is 10.1. The molecule has 1 atom stereocenters. The van der Waals surface area contributed by atoms with E-state index in [2.05, 4.69) is 6.92 Å². The maximum atomic E-state index is 13.0. The second kappa shape index (κ2) is 13.7. The number of non-ortho nitro benzene ring substituents is 1. The molecule has 1 unspecified atom stereocenters. The molecule has 0 aliphatic carbocycles. The second-order valence-corrected chi connectivity index (χ2v) is 8.95. The summed E-state index contributed by atoms with van der Waals surface area (Å²) in [6, 6.07) is 5.77. The number of nitro benzene ring substituents is 1. The molecule has 0 saturated carbocycles. The summed E-state index contributed by atoms with van der Waals surface area (Å²) >= 11 is 0. The van der Waals surface area contributed by atoms with Crippen LogP contribution in [0.2, 0.25) is 0 Å². The third-order valence-corrected chi connectivity index (χ3v) is 6.27. The normalized spacial score (nSPS) is 13.3. The Bertz CT molecular complexity index is 593. The van der Waals surface area contributed by atoms with Crippen LogP contribution in [0, 0.1) is 10.1 Å². The van der Waals surface area contributed by atoms with Gasteiger partial charge in [-0.3, -0.25) is 14.6 Å². The largest absolute Gasteiger partial charge is 0.424 e. The quantitative estimate of drug-likeness (QED) is 0.128. The number of rotatable bonds is 16. The smallest absolute Gasteiger partial charge is 0.379 e. The zero-order valence-electron chi connectivity index (χ0n) is 16.7. The number of hydrogen-bond donors (Lipinski definition) is 0. The minimum Gasteiger partial charge on any atom is -0.424 e. The van der Waals surface area contributed by atoms with Gasteiger partial charge >= 0.3 is 7.60 Å². The van der Waals surface area contributed by atoms with E-state index in [9.17, 15) is 14.7 Å². The molecule has 7 heteroatoms. The van der Waals surface area contributed by atoms with Crippen LogP contribution in [0.4, 0.5) is 5.69 Å². The molecule has 27 heavy (non-hydrogen) atoms. The highest BCUT2D eigenvalue weighted by molar-refractivity contribution is 7.54. The molecular weight excluding hydrogens is 365 g/mol. The maximum Gasteiger partial charge on any atom is 0.379 e. The van der Waals surface area contributed by atoms with Gasteiger partial charge in [-0.25, -0.2) is 4.57 Å². The van der Waals surface area contributed by atoms with Gasteiger partial charge in [0.15, 0.2) is 0 Å². The Hall–Kier alpha value is -1.39. The van der Waals surface area contributed by atoms with Crippen LogP contribution in [0.5, 0.6) is 5.75 Å². The molecule has 0 radical (unpaired) electrons. The van der Waals surface area contributed by atoms with Gasteiger partial charge in [0.2, 0.25) is 0 Å². The van der Waals surface area contributed by atoms with Crippen molar-refractivity contribution in [2.45, 2.75) is 78.1 Å². The Kier molecular flexibility index (Phi) is 12.0. The van der Waals surface area contributed by atoms with Crippen molar-refractivity contribution in [2.24, 2.45) is 0 Å². The van der Waals surface area contributed by atoms with Gasteiger partial charge < -0.3 is 4.52 Å². The molecule has 0 aliphatic rings. The van der Waals surface area contributed by atoms with Gasteiger partial charge in [-0.2, -0.15) is 0 Å². The van der Waals surface area contributed by atoms with Crippen molar-refractivity contribution in [3.8, 4) is 5.75 Å². The average Bonchev–Trinajstić information content (AvgIpc) is 2.65. The van der Waals surface area contributed by atoms with Gasteiger partial charge in [-0.05, 0) is 18.9 Å². The molecule has 0 heterocycles. The van der Waals surface area contributed by atoms with Crippen LogP contribution < -0.4 is 4.52 Å². The molecule has 1 aromatic rings. The summed E-state index contributed by atoms with van der Waals surface area (Å²) in [6.07, 6.45) is 11.4. The molecule has 0 fully saturated rings. The van der Waals surface area contributed by atoms with Crippen LogP contribution >= 0.6 is 7.60 Å². The monoisotopic (exact) mass is 399 g/mol. The van der Waals surface area contributed by atoms with E-state index in [-0.39, 0.29) is 11.4 Å². The molecule has 1 aromatic carbocycles. The molecular formula is C20H34NO5P. The lowest BCUT2D eigenvalue weighted by molar-refractivity contribution is -0.384. The summed E-state index contributed by atoms with van der Waals surface area (Å²) in [6.45, 7) is 4.62. The standard InChI is InChI=1S/C20H34NO5P/c1-3-5-7-8-9-10-11-12-16-25-27(24,17-6-4-2)26-20-15-13-14-19(18-20)21(22)23/h13-15,18H,3-12,16-17H2,1-2H3. The van der Waals surface area contributed by atoms with Crippen LogP contribution in [0.3, 0.4) is 0 Å². The van der Waals surface area contributed by atoms with Crippen LogP contribution in [0.1, 0.15) is 78.1 Å². The van der Waals surface area contributed by atoms with Crippen LogP contribution in [0.15, 0.2) is 24.3 Å². The van der Waals surface area contributed by atoms with E-state index in [0.717, 1.165) is 32.1 Å². The van der Waals surface area contributed by atoms with Gasteiger partial charge in [0.05, 0.1) is 23.8 Å². The Morgan fingerprint density at radius 1 is 0.963 bits per heavy atom. The maximum absolute atomic E-state index is 13.0. The van der Waals surface area contributed by atoms with Gasteiger partial charge in [0, 0.05) is 6.07 Å². The molecule has 154 valence electrons. The Morgan fingerprint density at radius 3 is 2.22 bits per heavy atom. The number of benzene rings is 1. The highest BCUT2D eigenvalue weighted by Gasteiger charge is 2.26. The molecule has 6 nitrogen and oxygen atoms in total. The summed E-state index contributed by atoms with van der Waals surface area (Å²) < 4.78 is 24.3. The average molecular weight is 399 g/mol. The van der Waals surface area contributed by atoms with E-state index in [1.807, 2.05) is 6.92 Å². The molecule has 0 bridgehead atoms. The lowest BCUT2D eigenvalue weighted by Crippen LogP contribution is -2.04. The third kappa shape index (κ3) is 10.5. The fraction of sp³-hybridized carbons (Fsp3) is 0.700. The number of nitro groups is 1. The van der Waals surface area contributed by atoms with Gasteiger partial charge in [0.1, 0.15) is 5.75 Å². The third-order valence-electron chi connectivity index (χ3n) is 4.34. The van der Waals surface area contributed by atoms with Crippen molar-refractivity contribution in [2.75, 3.05) is 12.8 Å². The van der Waals surface area contributed by atoms with Crippen molar-refractivity contribution in [3.63, 3.8) is 0 Å². The number of hydrogen-bond acceptors (Lipinski definition) is 5. The van der Waals surface area contributed by atoms with Crippen molar-refractivity contribution >= 4 is 13.3 Å². The molecule has 0 spiro atoms. The number of nitrogens with zero attached hydrogens (tertiary/aromatic N) is 1. The summed E-state index contributed by atoms with van der Waals surface area (Å²) in [4.78, 5) is 10.4. The van der Waals surface area contributed by atoms with Crippen LogP contribution in [0.25, 0.3) is 0 Å². The van der Waals surface area contributed by atoms with Gasteiger partial charge in [-0.1, -0.05) is 71.3 Å². The molecule has 0 aliphatic heterocycles. The zero-order chi connectivity index (χ0) is 20.0. The zero-order valence-corrected chi connectivity index (χ0v) is 17.6. The molecule has 0 aromatic heterocycles. The van der Waals surface area contributed by atoms with Gasteiger partial charge in [0.25, 0.3) is 5.69 Å². The fourth-order valence-electron chi connectivity index (χ4n) is 2.74. The predicted molar refractivity (Wildman–Crippen MR) is 110 cm³/mol. The topological polar surface area (TPSA) is 78.7 Å². The Morgan fingerprint density at radius 2 is 1.59 bits per heavy atom. The van der Waals surface area contributed by atoms with Crippen molar-refractivity contribution in [1.29, 1.82) is 0 Å². The minimum atomic E-state index is -3.30.